The molecule has 1 fully saturated rings. The third-order valence-corrected chi connectivity index (χ3v) is 4.28. The summed E-state index contributed by atoms with van der Waals surface area (Å²) in [7, 11) is 0. The fraction of sp³-hybridized carbons (Fsp3) is 0.579. The van der Waals surface area contributed by atoms with Crippen molar-refractivity contribution in [3.05, 3.63) is 24.3 Å². The van der Waals surface area contributed by atoms with E-state index in [-0.39, 0.29) is 0 Å². The summed E-state index contributed by atoms with van der Waals surface area (Å²) in [6.07, 6.45) is 2.93. The number of quaternary nitrogens is 1. The smallest absolute Gasteiger partial charge is 0.313 e. The van der Waals surface area contributed by atoms with Gasteiger partial charge in [-0.25, -0.2) is 0 Å². The van der Waals surface area contributed by atoms with Crippen molar-refractivity contribution in [2.45, 2.75) is 26.2 Å². The maximum atomic E-state index is 11.9. The zero-order valence-electron chi connectivity index (χ0n) is 15.5. The summed E-state index contributed by atoms with van der Waals surface area (Å²) in [4.78, 5) is 25.3. The van der Waals surface area contributed by atoms with Crippen molar-refractivity contribution in [1.29, 1.82) is 0 Å². The first-order chi connectivity index (χ1) is 12.7. The molecule has 1 heterocycles. The molecule has 1 aliphatic heterocycles. The van der Waals surface area contributed by atoms with E-state index in [0.29, 0.717) is 18.8 Å². The summed E-state index contributed by atoms with van der Waals surface area (Å²) in [5.41, 5.74) is 0.575. The topological polar surface area (TPSA) is 81.1 Å². The predicted octanol–water partition coefficient (Wildman–Crippen LogP) is 0.225. The lowest BCUT2D eigenvalue weighted by Gasteiger charge is -2.23. The lowest BCUT2D eigenvalue weighted by Crippen LogP contribution is -3.14. The van der Waals surface area contributed by atoms with E-state index in [1.54, 1.807) is 24.3 Å². The number of hydrogen-bond donors (Lipinski definition) is 3. The quantitative estimate of drug-likeness (QED) is 0.433. The molecule has 0 unspecified atom stereocenters. The van der Waals surface area contributed by atoms with E-state index in [0.717, 1.165) is 57.9 Å². The Hall–Kier alpha value is -2.12. The van der Waals surface area contributed by atoms with Gasteiger partial charge in [-0.05, 0) is 30.7 Å². The molecule has 0 atom stereocenters. The van der Waals surface area contributed by atoms with E-state index >= 15 is 0 Å². The minimum absolute atomic E-state index is 0.501. The molecule has 7 nitrogen and oxygen atoms in total. The Bertz CT molecular complexity index is 556. The summed E-state index contributed by atoms with van der Waals surface area (Å²) in [6.45, 7) is 7.87. The average Bonchev–Trinajstić information content (AvgIpc) is 2.67. The van der Waals surface area contributed by atoms with Gasteiger partial charge in [-0.2, -0.15) is 0 Å². The van der Waals surface area contributed by atoms with Gasteiger partial charge in [0.05, 0.1) is 26.4 Å². The molecule has 0 aliphatic carbocycles. The molecule has 2 amide bonds. The van der Waals surface area contributed by atoms with Crippen LogP contribution in [0, 0.1) is 0 Å². The third-order valence-electron chi connectivity index (χ3n) is 4.28. The van der Waals surface area contributed by atoms with Gasteiger partial charge in [0.2, 0.25) is 0 Å². The molecule has 1 aromatic carbocycles. The van der Waals surface area contributed by atoms with Crippen LogP contribution < -0.4 is 20.3 Å². The highest BCUT2D eigenvalue weighted by Gasteiger charge is 2.15. The second kappa shape index (κ2) is 11.5. The molecule has 1 saturated heterocycles. The lowest BCUT2D eigenvalue weighted by molar-refractivity contribution is -0.908. The number of anilines is 1. The number of amides is 2. The second-order valence-corrected chi connectivity index (χ2v) is 6.40. The van der Waals surface area contributed by atoms with Gasteiger partial charge in [-0.3, -0.25) is 9.59 Å². The fourth-order valence-corrected chi connectivity index (χ4v) is 2.69. The van der Waals surface area contributed by atoms with Crippen molar-refractivity contribution >= 4 is 17.5 Å². The number of nitrogens with one attached hydrogen (secondary N) is 3. The van der Waals surface area contributed by atoms with Crippen LogP contribution >= 0.6 is 0 Å². The molecule has 7 heteroatoms. The molecule has 0 spiro atoms. The summed E-state index contributed by atoms with van der Waals surface area (Å²) in [5, 5.41) is 5.27. The number of carbonyl (C=O) groups excluding carboxylic acids is 2. The van der Waals surface area contributed by atoms with Gasteiger partial charge in [0.1, 0.15) is 18.8 Å². The predicted molar refractivity (Wildman–Crippen MR) is 99.5 cm³/mol. The van der Waals surface area contributed by atoms with Crippen LogP contribution in [0.3, 0.4) is 0 Å². The van der Waals surface area contributed by atoms with Crippen LogP contribution in [0.25, 0.3) is 0 Å². The highest BCUT2D eigenvalue weighted by molar-refractivity contribution is 6.39. The minimum atomic E-state index is -0.650. The molecule has 1 aliphatic rings. The Labute approximate surface area is 155 Å². The monoisotopic (exact) mass is 364 g/mol. The number of carbonyl (C=O) groups is 2. The van der Waals surface area contributed by atoms with E-state index in [4.69, 9.17) is 9.47 Å². The van der Waals surface area contributed by atoms with Crippen molar-refractivity contribution in [2.24, 2.45) is 0 Å². The summed E-state index contributed by atoms with van der Waals surface area (Å²) in [6, 6.07) is 7.03. The third kappa shape index (κ3) is 7.41. The van der Waals surface area contributed by atoms with E-state index < -0.39 is 11.8 Å². The highest BCUT2D eigenvalue weighted by atomic mass is 16.5. The molecule has 144 valence electrons. The SMILES string of the molecule is CCCCOc1ccc(NC(=O)C(=O)NCCC[NH+]2CCOCC2)cc1. The molecule has 1 aromatic rings. The number of hydrogen-bond acceptors (Lipinski definition) is 4. The van der Waals surface area contributed by atoms with Gasteiger partial charge >= 0.3 is 11.8 Å². The summed E-state index contributed by atoms with van der Waals surface area (Å²) in [5.74, 6) is -0.500. The van der Waals surface area contributed by atoms with Crippen molar-refractivity contribution < 1.29 is 24.0 Å². The maximum absolute atomic E-state index is 11.9. The molecule has 2 rings (SSSR count). The first-order valence-electron chi connectivity index (χ1n) is 9.42. The van der Waals surface area contributed by atoms with Crippen molar-refractivity contribution in [3.8, 4) is 5.75 Å². The Morgan fingerprint density at radius 3 is 2.54 bits per heavy atom. The lowest BCUT2D eigenvalue weighted by atomic mass is 10.3. The van der Waals surface area contributed by atoms with Crippen molar-refractivity contribution in [1.82, 2.24) is 5.32 Å². The Balaban J connectivity index is 1.63. The number of ether oxygens (including phenoxy) is 2. The van der Waals surface area contributed by atoms with Gasteiger partial charge in [-0.15, -0.1) is 0 Å². The molecular formula is C19H30N3O4+. The van der Waals surface area contributed by atoms with Crippen molar-refractivity contribution in [2.75, 3.05) is 51.3 Å². The molecule has 0 radical (unpaired) electrons. The van der Waals surface area contributed by atoms with Crippen LogP contribution in [0.1, 0.15) is 26.2 Å². The Kier molecular flexibility index (Phi) is 8.92. The van der Waals surface area contributed by atoms with Crippen LogP contribution in [0.2, 0.25) is 0 Å². The minimum Gasteiger partial charge on any atom is -0.494 e. The average molecular weight is 364 g/mol. The number of benzene rings is 1. The molecular weight excluding hydrogens is 334 g/mol. The van der Waals surface area contributed by atoms with Gasteiger partial charge in [0, 0.05) is 18.7 Å². The van der Waals surface area contributed by atoms with Gasteiger partial charge in [0.15, 0.2) is 0 Å². The molecule has 0 bridgehead atoms. The van der Waals surface area contributed by atoms with E-state index in [1.165, 1.54) is 4.90 Å². The maximum Gasteiger partial charge on any atom is 0.313 e. The first-order valence-corrected chi connectivity index (χ1v) is 9.42. The zero-order valence-corrected chi connectivity index (χ0v) is 15.5. The van der Waals surface area contributed by atoms with E-state index in [2.05, 4.69) is 17.6 Å². The molecule has 26 heavy (non-hydrogen) atoms. The van der Waals surface area contributed by atoms with Gasteiger partial charge in [0.25, 0.3) is 0 Å². The van der Waals surface area contributed by atoms with Gasteiger partial charge < -0.3 is 25.0 Å². The van der Waals surface area contributed by atoms with E-state index in [1.807, 2.05) is 0 Å². The fourth-order valence-electron chi connectivity index (χ4n) is 2.69. The van der Waals surface area contributed by atoms with Crippen LogP contribution in [-0.4, -0.2) is 57.8 Å². The van der Waals surface area contributed by atoms with Gasteiger partial charge in [-0.1, -0.05) is 13.3 Å². The summed E-state index contributed by atoms with van der Waals surface area (Å²) >= 11 is 0. The first kappa shape index (κ1) is 20.2. The largest absolute Gasteiger partial charge is 0.494 e. The molecule has 3 N–H and O–H groups in total. The van der Waals surface area contributed by atoms with Crippen LogP contribution in [0.4, 0.5) is 5.69 Å². The molecule has 0 aromatic heterocycles. The molecule has 0 saturated carbocycles. The Morgan fingerprint density at radius 2 is 1.85 bits per heavy atom. The zero-order chi connectivity index (χ0) is 18.6. The number of rotatable bonds is 9. The number of morpholine rings is 1. The number of unbranched alkanes of at least 4 members (excludes halogenated alkanes) is 1. The normalized spacial score (nSPS) is 14.7. The standard InChI is InChI=1S/C19H29N3O4/c1-2-3-13-26-17-7-5-16(6-8-17)21-19(24)18(23)20-9-4-10-22-11-14-25-15-12-22/h5-8H,2-4,9-15H2,1H3,(H,20,23)(H,21,24)/p+1. The van der Waals surface area contributed by atoms with Crippen LogP contribution in [-0.2, 0) is 14.3 Å². The second-order valence-electron chi connectivity index (χ2n) is 6.40. The van der Waals surface area contributed by atoms with E-state index in [9.17, 15) is 9.59 Å². The van der Waals surface area contributed by atoms with Crippen molar-refractivity contribution in [3.63, 3.8) is 0 Å². The highest BCUT2D eigenvalue weighted by Crippen LogP contribution is 2.15. The van der Waals surface area contributed by atoms with Crippen LogP contribution in [0.15, 0.2) is 24.3 Å². The van der Waals surface area contributed by atoms with Crippen LogP contribution in [0.5, 0.6) is 5.75 Å². The summed E-state index contributed by atoms with van der Waals surface area (Å²) < 4.78 is 10.9. The Morgan fingerprint density at radius 1 is 1.12 bits per heavy atom.